The molecule has 0 aliphatic rings. The van der Waals surface area contributed by atoms with Crippen LogP contribution >= 0.6 is 5.69 Å². The third-order valence-corrected chi connectivity index (χ3v) is 5.33. The first kappa shape index (κ1) is 8.40. The molecule has 0 amide bonds. The molecule has 0 atom stereocenters. The molecule has 0 saturated heterocycles. The van der Waals surface area contributed by atoms with E-state index in [0.29, 0.717) is 0 Å². The quantitative estimate of drug-likeness (QED) is 0.383. The Labute approximate surface area is 47.0 Å². The van der Waals surface area contributed by atoms with Crippen LogP contribution in [-0.2, 0) is 27.2 Å². The van der Waals surface area contributed by atoms with Crippen LogP contribution in [-0.4, -0.2) is 13.5 Å². The van der Waals surface area contributed by atoms with Gasteiger partial charge in [-0.05, 0) is 0 Å². The van der Waals surface area contributed by atoms with Crippen molar-refractivity contribution in [1.29, 1.82) is 0 Å². The Bertz CT molecular complexity index is 203. The van der Waals surface area contributed by atoms with E-state index in [9.17, 15) is 11.4 Å². The molecule has 0 aliphatic carbocycles. The van der Waals surface area contributed by atoms with Gasteiger partial charge in [0.2, 0.25) is 0 Å². The number of hydrogen-bond donors (Lipinski definition) is 3. The summed E-state index contributed by atoms with van der Waals surface area (Å²) in [4.78, 5) is 15.3. The first-order valence-corrected chi connectivity index (χ1v) is 8.04. The summed E-state index contributed by atoms with van der Waals surface area (Å²) in [5.41, 5.74) is -5.22. The second-order valence-electron chi connectivity index (χ2n) is 0.938. The van der Waals surface area contributed by atoms with Crippen molar-refractivity contribution in [3.8, 4) is 0 Å². The van der Waals surface area contributed by atoms with Gasteiger partial charge in [0.05, 0.1) is 0 Å². The van der Waals surface area contributed by atoms with Crippen molar-refractivity contribution in [2.45, 2.75) is 0 Å². The molecule has 8 heavy (non-hydrogen) atoms. The molecule has 0 aromatic carbocycles. The van der Waals surface area contributed by atoms with Gasteiger partial charge in [-0.1, -0.05) is 0 Å². The summed E-state index contributed by atoms with van der Waals surface area (Å²) in [6.07, 6.45) is 0. The van der Waals surface area contributed by atoms with Crippen LogP contribution in [0.1, 0.15) is 0 Å². The van der Waals surface area contributed by atoms with E-state index in [1.54, 1.807) is 0 Å². The van der Waals surface area contributed by atoms with Crippen molar-refractivity contribution in [2.75, 3.05) is 0 Å². The Hall–Kier alpha value is 0.398. The molecule has 0 rings (SSSR count). The van der Waals surface area contributed by atoms with Crippen LogP contribution < -0.4 is 0 Å². The average molecular weight is 226 g/mol. The summed E-state index contributed by atoms with van der Waals surface area (Å²) < 4.78 is 36.3. The van der Waals surface area contributed by atoms with Gasteiger partial charge in [0.15, 0.2) is 0 Å². The molecule has 0 radical (unpaired) electrons. The molecule has 8 heteroatoms. The first-order valence-electron chi connectivity index (χ1n) is 1.28. The van der Waals surface area contributed by atoms with Crippen LogP contribution in [0.25, 0.3) is 0 Å². The van der Waals surface area contributed by atoms with Crippen molar-refractivity contribution in [1.82, 2.24) is 0 Å². The standard InChI is InChI=1S/Mo.HO3P.H2O.2O/c;1-4(2)3;;;/h;(H-,1,2,3);1H2;;. The molecule has 0 aliphatic heterocycles. The molecule has 0 fully saturated rings. The second kappa shape index (κ2) is 1.97. The number of rotatable bonds is 1. The van der Waals surface area contributed by atoms with E-state index in [1.165, 1.54) is 0 Å². The fourth-order valence-electron chi connectivity index (χ4n) is 0. The molecule has 0 spiro atoms. The van der Waals surface area contributed by atoms with Crippen molar-refractivity contribution in [2.24, 2.45) is 0 Å². The minimum atomic E-state index is -6.17. The van der Waals surface area contributed by atoms with Gasteiger partial charge in [-0.2, -0.15) is 0 Å². The Kier molecular flexibility index (Phi) is 2.07. The Morgan fingerprint density at radius 2 is 1.38 bits per heavy atom. The topological polar surface area (TPSA) is 112 Å². The summed E-state index contributed by atoms with van der Waals surface area (Å²) in [6, 6.07) is 0. The van der Waals surface area contributed by atoms with Crippen LogP contribution in [0.15, 0.2) is 0 Å². The zero-order chi connectivity index (χ0) is 7.00. The van der Waals surface area contributed by atoms with Crippen LogP contribution in [0.2, 0.25) is 0 Å². The van der Waals surface area contributed by atoms with E-state index in [1.807, 2.05) is 0 Å². The SMILES string of the molecule is O=[P](O)(O)[Mo](=[O])(=[O])[OH]. The van der Waals surface area contributed by atoms with Crippen molar-refractivity contribution >= 4 is 5.69 Å². The minimum absolute atomic E-state index is 5.22. The zero-order valence-corrected chi connectivity index (χ0v) is 6.32. The van der Waals surface area contributed by atoms with Gasteiger partial charge in [-0.3, -0.25) is 0 Å². The first-order chi connectivity index (χ1) is 3.25. The Balaban J connectivity index is 4.84. The van der Waals surface area contributed by atoms with Gasteiger partial charge in [-0.15, -0.1) is 0 Å². The average Bonchev–Trinajstić information content (AvgIpc) is 1.25. The van der Waals surface area contributed by atoms with Gasteiger partial charge in [0.25, 0.3) is 0 Å². The molecule has 0 aromatic rings. The summed E-state index contributed by atoms with van der Waals surface area (Å²) in [6.45, 7) is 0. The van der Waals surface area contributed by atoms with Gasteiger partial charge in [0, 0.05) is 0 Å². The maximum absolute atomic E-state index is 9.56. The third kappa shape index (κ3) is 2.11. The van der Waals surface area contributed by atoms with Crippen LogP contribution in [0.4, 0.5) is 0 Å². The van der Waals surface area contributed by atoms with Crippen molar-refractivity contribution < 1.29 is 40.8 Å². The molecule has 3 N–H and O–H groups in total. The van der Waals surface area contributed by atoms with Crippen LogP contribution in [0.5, 0.6) is 0 Å². The predicted molar refractivity (Wildman–Crippen MR) is 15.6 cm³/mol. The fourth-order valence-corrected chi connectivity index (χ4v) is 0. The molecule has 0 heterocycles. The van der Waals surface area contributed by atoms with E-state index < -0.39 is 21.5 Å². The van der Waals surface area contributed by atoms with Gasteiger partial charge in [0.1, 0.15) is 0 Å². The number of hydrogen-bond acceptors (Lipinski definition) is 3. The van der Waals surface area contributed by atoms with Crippen LogP contribution in [0.3, 0.4) is 0 Å². The molecule has 0 aromatic heterocycles. The van der Waals surface area contributed by atoms with Gasteiger partial charge in [-0.25, -0.2) is 0 Å². The summed E-state index contributed by atoms with van der Waals surface area (Å²) in [5.74, 6) is 0. The predicted octanol–water partition coefficient (Wildman–Crippen LogP) is -1.17. The molecule has 6 nitrogen and oxygen atoms in total. The molecule has 50 valence electrons. The Morgan fingerprint density at radius 1 is 1.25 bits per heavy atom. The maximum atomic E-state index is 9.56. The monoisotopic (exact) mass is 228 g/mol. The van der Waals surface area contributed by atoms with Crippen LogP contribution in [0, 0.1) is 0 Å². The van der Waals surface area contributed by atoms with Gasteiger partial charge < -0.3 is 0 Å². The fraction of sp³-hybridized carbons (Fsp3) is 0. The molecular formula is H3MoO6P. The second-order valence-corrected chi connectivity index (χ2v) is 10.4. The molecular weight excluding hydrogens is 223 g/mol. The van der Waals surface area contributed by atoms with Crippen molar-refractivity contribution in [3.63, 3.8) is 0 Å². The van der Waals surface area contributed by atoms with E-state index in [4.69, 9.17) is 13.5 Å². The van der Waals surface area contributed by atoms with Crippen molar-refractivity contribution in [3.05, 3.63) is 0 Å². The molecule has 0 saturated carbocycles. The van der Waals surface area contributed by atoms with E-state index >= 15 is 0 Å². The summed E-state index contributed by atoms with van der Waals surface area (Å²) in [7, 11) is 0. The molecule has 0 bridgehead atoms. The van der Waals surface area contributed by atoms with E-state index in [0.717, 1.165) is 0 Å². The van der Waals surface area contributed by atoms with E-state index in [-0.39, 0.29) is 0 Å². The normalized spacial score (nSPS) is 13.9. The molecule has 0 unspecified atom stereocenters. The summed E-state index contributed by atoms with van der Waals surface area (Å²) >= 11 is -6.17. The third-order valence-electron chi connectivity index (χ3n) is 0.301. The Morgan fingerprint density at radius 3 is 1.38 bits per heavy atom. The summed E-state index contributed by atoms with van der Waals surface area (Å²) in [5, 5.41) is 0. The zero-order valence-electron chi connectivity index (χ0n) is 3.42. The van der Waals surface area contributed by atoms with Gasteiger partial charge >= 0.3 is 46.5 Å². The van der Waals surface area contributed by atoms with E-state index in [2.05, 4.69) is 0 Å².